The Morgan fingerprint density at radius 3 is 2.53 bits per heavy atom. The van der Waals surface area contributed by atoms with Gasteiger partial charge in [-0.3, -0.25) is 0 Å². The van der Waals surface area contributed by atoms with Gasteiger partial charge in [0.25, 0.3) is 0 Å². The van der Waals surface area contributed by atoms with E-state index in [1.165, 1.54) is 24.0 Å². The third kappa shape index (κ3) is 1.43. The lowest BCUT2D eigenvalue weighted by molar-refractivity contribution is 0.582. The van der Waals surface area contributed by atoms with E-state index in [4.69, 9.17) is 0 Å². The van der Waals surface area contributed by atoms with Gasteiger partial charge < -0.3 is 0 Å². The quantitative estimate of drug-likeness (QED) is 0.599. The Morgan fingerprint density at radius 2 is 1.93 bits per heavy atom. The zero-order valence-corrected chi connectivity index (χ0v) is 9.53. The van der Waals surface area contributed by atoms with Gasteiger partial charge in [0, 0.05) is 0 Å². The van der Waals surface area contributed by atoms with E-state index < -0.39 is 0 Å². The number of allylic oxidation sites excluding steroid dienone is 2. The van der Waals surface area contributed by atoms with E-state index in [0.29, 0.717) is 0 Å². The van der Waals surface area contributed by atoms with Gasteiger partial charge in [-0.15, -0.1) is 0 Å². The van der Waals surface area contributed by atoms with Crippen LogP contribution in [0.1, 0.15) is 35.4 Å². The first-order chi connectivity index (χ1) is 7.24. The van der Waals surface area contributed by atoms with Gasteiger partial charge in [0.15, 0.2) is 0 Å². The van der Waals surface area contributed by atoms with Crippen LogP contribution >= 0.6 is 0 Å². The molecule has 0 spiro atoms. The maximum absolute atomic E-state index is 2.44. The summed E-state index contributed by atoms with van der Waals surface area (Å²) in [6, 6.07) is 6.94. The molecule has 3 atom stereocenters. The molecule has 0 aromatic heterocycles. The van der Waals surface area contributed by atoms with Gasteiger partial charge in [0.1, 0.15) is 0 Å². The SMILES string of the molecule is Cc1ccc(C2CC3C=CC2C3)c(C)c1. The molecular formula is C15H18. The average Bonchev–Trinajstić information content (AvgIpc) is 2.78. The number of fused-ring (bicyclic) bond motifs is 2. The fourth-order valence-electron chi connectivity index (χ4n) is 3.38. The first kappa shape index (κ1) is 9.21. The van der Waals surface area contributed by atoms with Crippen LogP contribution < -0.4 is 0 Å². The first-order valence-electron chi connectivity index (χ1n) is 5.99. The highest BCUT2D eigenvalue weighted by Gasteiger charge is 2.36. The zero-order chi connectivity index (χ0) is 10.4. The molecule has 15 heavy (non-hydrogen) atoms. The van der Waals surface area contributed by atoms with Crippen molar-refractivity contribution in [1.82, 2.24) is 0 Å². The van der Waals surface area contributed by atoms with Crippen molar-refractivity contribution in [3.8, 4) is 0 Å². The van der Waals surface area contributed by atoms with E-state index in [-0.39, 0.29) is 0 Å². The molecule has 2 bridgehead atoms. The minimum Gasteiger partial charge on any atom is -0.0851 e. The van der Waals surface area contributed by atoms with E-state index in [2.05, 4.69) is 44.2 Å². The molecule has 1 saturated carbocycles. The highest BCUT2D eigenvalue weighted by atomic mass is 14.4. The summed E-state index contributed by atoms with van der Waals surface area (Å²) in [7, 11) is 0. The summed E-state index contributed by atoms with van der Waals surface area (Å²) in [5.74, 6) is 2.51. The minimum absolute atomic E-state index is 0.806. The Bertz CT molecular complexity index is 414. The molecule has 1 aromatic rings. The van der Waals surface area contributed by atoms with Gasteiger partial charge in [-0.2, -0.15) is 0 Å². The molecule has 2 aliphatic rings. The summed E-state index contributed by atoms with van der Waals surface area (Å²) >= 11 is 0. The maximum Gasteiger partial charge on any atom is -0.00906 e. The van der Waals surface area contributed by atoms with Gasteiger partial charge in [0.05, 0.1) is 0 Å². The van der Waals surface area contributed by atoms with Crippen LogP contribution in [0.3, 0.4) is 0 Å². The number of rotatable bonds is 1. The molecule has 1 fully saturated rings. The van der Waals surface area contributed by atoms with Gasteiger partial charge in [-0.05, 0) is 55.6 Å². The van der Waals surface area contributed by atoms with Crippen molar-refractivity contribution in [2.24, 2.45) is 11.8 Å². The van der Waals surface area contributed by atoms with Crippen molar-refractivity contribution in [2.45, 2.75) is 32.6 Å². The largest absolute Gasteiger partial charge is 0.0851 e. The Kier molecular flexibility index (Phi) is 1.98. The second-order valence-corrected chi connectivity index (χ2v) is 5.25. The average molecular weight is 198 g/mol. The van der Waals surface area contributed by atoms with Crippen LogP contribution in [-0.4, -0.2) is 0 Å². The third-order valence-electron chi connectivity index (χ3n) is 4.10. The standard InChI is InChI=1S/C15H18/c1-10-3-6-14(11(2)7-10)15-9-12-4-5-13(15)8-12/h3-7,12-13,15H,8-9H2,1-2H3. The van der Waals surface area contributed by atoms with Crippen molar-refractivity contribution in [3.05, 3.63) is 47.0 Å². The summed E-state index contributed by atoms with van der Waals surface area (Å²) in [6.45, 7) is 4.44. The van der Waals surface area contributed by atoms with Crippen LogP contribution in [0.5, 0.6) is 0 Å². The maximum atomic E-state index is 2.44. The lowest BCUT2D eigenvalue weighted by Crippen LogP contribution is -2.06. The minimum atomic E-state index is 0.806. The lowest BCUT2D eigenvalue weighted by Gasteiger charge is -2.20. The van der Waals surface area contributed by atoms with Gasteiger partial charge >= 0.3 is 0 Å². The van der Waals surface area contributed by atoms with Gasteiger partial charge in [-0.1, -0.05) is 35.9 Å². The molecule has 0 N–H and O–H groups in total. The summed E-state index contributed by atoms with van der Waals surface area (Å²) in [4.78, 5) is 0. The number of benzene rings is 1. The fraction of sp³-hybridized carbons (Fsp3) is 0.467. The zero-order valence-electron chi connectivity index (χ0n) is 9.53. The van der Waals surface area contributed by atoms with E-state index in [1.807, 2.05) is 0 Å². The van der Waals surface area contributed by atoms with Crippen LogP contribution in [0.15, 0.2) is 30.4 Å². The molecule has 0 heteroatoms. The molecular weight excluding hydrogens is 180 g/mol. The fourth-order valence-corrected chi connectivity index (χ4v) is 3.38. The molecule has 1 aromatic carbocycles. The van der Waals surface area contributed by atoms with Crippen molar-refractivity contribution in [2.75, 3.05) is 0 Å². The van der Waals surface area contributed by atoms with Crippen LogP contribution in [0.4, 0.5) is 0 Å². The monoisotopic (exact) mass is 198 g/mol. The van der Waals surface area contributed by atoms with E-state index in [1.54, 1.807) is 5.56 Å². The summed E-state index contributed by atoms with van der Waals surface area (Å²) in [5, 5.41) is 0. The van der Waals surface area contributed by atoms with E-state index in [9.17, 15) is 0 Å². The summed E-state index contributed by atoms with van der Waals surface area (Å²) < 4.78 is 0. The topological polar surface area (TPSA) is 0 Å². The third-order valence-corrected chi connectivity index (χ3v) is 4.10. The van der Waals surface area contributed by atoms with Crippen LogP contribution in [-0.2, 0) is 0 Å². The molecule has 0 nitrogen and oxygen atoms in total. The van der Waals surface area contributed by atoms with Gasteiger partial charge in [-0.25, -0.2) is 0 Å². The van der Waals surface area contributed by atoms with Crippen molar-refractivity contribution in [3.63, 3.8) is 0 Å². The Balaban J connectivity index is 1.97. The molecule has 0 amide bonds. The molecule has 2 aliphatic carbocycles. The van der Waals surface area contributed by atoms with Crippen LogP contribution in [0.2, 0.25) is 0 Å². The predicted octanol–water partition coefficient (Wildman–Crippen LogP) is 3.98. The highest BCUT2D eigenvalue weighted by molar-refractivity contribution is 5.36. The molecule has 0 aliphatic heterocycles. The van der Waals surface area contributed by atoms with Crippen LogP contribution in [0, 0.1) is 25.7 Å². The first-order valence-corrected chi connectivity index (χ1v) is 5.99. The number of hydrogen-bond donors (Lipinski definition) is 0. The summed E-state index contributed by atoms with van der Waals surface area (Å²) in [6.07, 6.45) is 7.64. The summed E-state index contributed by atoms with van der Waals surface area (Å²) in [5.41, 5.74) is 4.47. The second kappa shape index (κ2) is 3.23. The molecule has 78 valence electrons. The smallest absolute Gasteiger partial charge is 0.00906 e. The Labute approximate surface area is 92.0 Å². The van der Waals surface area contributed by atoms with E-state index in [0.717, 1.165) is 17.8 Å². The molecule has 3 rings (SSSR count). The molecule has 0 heterocycles. The van der Waals surface area contributed by atoms with E-state index >= 15 is 0 Å². The highest BCUT2D eigenvalue weighted by Crippen LogP contribution is 2.49. The Hall–Kier alpha value is -1.04. The molecule has 0 radical (unpaired) electrons. The molecule has 3 unspecified atom stereocenters. The lowest BCUT2D eigenvalue weighted by atomic mass is 9.84. The predicted molar refractivity (Wildman–Crippen MR) is 64.0 cm³/mol. The van der Waals surface area contributed by atoms with Gasteiger partial charge in [0.2, 0.25) is 0 Å². The number of hydrogen-bond acceptors (Lipinski definition) is 0. The van der Waals surface area contributed by atoms with Crippen molar-refractivity contribution in [1.29, 1.82) is 0 Å². The number of aryl methyl sites for hydroxylation is 2. The van der Waals surface area contributed by atoms with Crippen molar-refractivity contribution >= 4 is 0 Å². The molecule has 0 saturated heterocycles. The van der Waals surface area contributed by atoms with Crippen LogP contribution in [0.25, 0.3) is 0 Å². The normalized spacial score (nSPS) is 32.5. The van der Waals surface area contributed by atoms with Crippen molar-refractivity contribution < 1.29 is 0 Å². The second-order valence-electron chi connectivity index (χ2n) is 5.25. The Morgan fingerprint density at radius 1 is 1.07 bits per heavy atom.